The zero-order chi connectivity index (χ0) is 10.6. The zero-order valence-electron chi connectivity index (χ0n) is 8.63. The van der Waals surface area contributed by atoms with Crippen LogP contribution in [0.3, 0.4) is 0 Å². The maximum Gasteiger partial charge on any atom is 0.186 e. The van der Waals surface area contributed by atoms with Crippen molar-refractivity contribution in [2.24, 2.45) is 0 Å². The predicted octanol–water partition coefficient (Wildman–Crippen LogP) is 2.32. The molecule has 1 heterocycles. The van der Waals surface area contributed by atoms with Crippen LogP contribution in [0.2, 0.25) is 0 Å². The van der Waals surface area contributed by atoms with E-state index in [1.807, 2.05) is 26.0 Å². The number of carbonyl (C=O) groups excluding carboxylic acids is 1. The van der Waals surface area contributed by atoms with Gasteiger partial charge in [0, 0.05) is 23.9 Å². The Morgan fingerprint density at radius 3 is 2.79 bits per heavy atom. The van der Waals surface area contributed by atoms with E-state index in [0.717, 1.165) is 22.7 Å². The molecule has 3 nitrogen and oxygen atoms in total. The van der Waals surface area contributed by atoms with E-state index in [9.17, 15) is 4.79 Å². The molecule has 1 rings (SSSR count). The molecular weight excluding hydrogens is 196 g/mol. The van der Waals surface area contributed by atoms with Crippen molar-refractivity contribution < 1.29 is 4.79 Å². The first-order valence-corrected chi connectivity index (χ1v) is 5.41. The van der Waals surface area contributed by atoms with Crippen molar-refractivity contribution >= 4 is 23.0 Å². The zero-order valence-corrected chi connectivity index (χ0v) is 9.44. The second-order valence-corrected chi connectivity index (χ2v) is 4.25. The molecule has 1 N–H and O–H groups in total. The number of nitrogens with one attached hydrogen (secondary N) is 1. The van der Waals surface area contributed by atoms with Gasteiger partial charge in [0.15, 0.2) is 5.12 Å². The van der Waals surface area contributed by atoms with E-state index in [2.05, 4.69) is 10.2 Å². The number of aromatic nitrogens is 2. The van der Waals surface area contributed by atoms with E-state index in [4.69, 9.17) is 0 Å². The Balaban J connectivity index is 2.55. The van der Waals surface area contributed by atoms with Gasteiger partial charge in [0.2, 0.25) is 0 Å². The lowest BCUT2D eigenvalue weighted by molar-refractivity contribution is -0.109. The van der Waals surface area contributed by atoms with E-state index < -0.39 is 0 Å². The number of nitrogens with zero attached hydrogens (tertiary/aromatic N) is 1. The lowest BCUT2D eigenvalue weighted by Gasteiger charge is -1.91. The molecule has 0 saturated carbocycles. The van der Waals surface area contributed by atoms with Crippen LogP contribution in [0.4, 0.5) is 0 Å². The van der Waals surface area contributed by atoms with E-state index in [1.165, 1.54) is 11.8 Å². The third-order valence-corrected chi connectivity index (χ3v) is 2.62. The third-order valence-electron chi connectivity index (χ3n) is 1.85. The number of rotatable bonds is 3. The summed E-state index contributed by atoms with van der Waals surface area (Å²) in [6.07, 6.45) is 3.99. The molecule has 1 aromatic rings. The van der Waals surface area contributed by atoms with Gasteiger partial charge < -0.3 is 0 Å². The molecule has 0 amide bonds. The molecule has 0 saturated heterocycles. The summed E-state index contributed by atoms with van der Waals surface area (Å²) in [4.78, 5) is 10.6. The minimum atomic E-state index is 0.148. The Hall–Kier alpha value is -1.03. The van der Waals surface area contributed by atoms with Crippen molar-refractivity contribution in [3.8, 4) is 0 Å². The molecule has 0 aliphatic rings. The van der Waals surface area contributed by atoms with Crippen LogP contribution in [0.25, 0.3) is 6.08 Å². The molecule has 4 heteroatoms. The fraction of sp³-hybridized carbons (Fsp3) is 0.400. The summed E-state index contributed by atoms with van der Waals surface area (Å²) >= 11 is 1.31. The molecule has 0 atom stereocenters. The van der Waals surface area contributed by atoms with Crippen LogP contribution in [-0.2, 0) is 4.79 Å². The highest BCUT2D eigenvalue weighted by Crippen LogP contribution is 2.12. The van der Waals surface area contributed by atoms with Crippen LogP contribution in [0.1, 0.15) is 23.9 Å². The van der Waals surface area contributed by atoms with Gasteiger partial charge in [-0.1, -0.05) is 23.9 Å². The van der Waals surface area contributed by atoms with Gasteiger partial charge >= 0.3 is 0 Å². The number of thioether (sulfide) groups is 1. The van der Waals surface area contributed by atoms with Crippen molar-refractivity contribution in [2.45, 2.75) is 20.8 Å². The molecule has 76 valence electrons. The molecule has 0 radical (unpaired) electrons. The number of carbonyl (C=O) groups is 1. The van der Waals surface area contributed by atoms with Crippen molar-refractivity contribution in [3.05, 3.63) is 23.0 Å². The SMILES string of the molecule is CC(=O)SCC=Cc1c(C)n[nH]c1C. The van der Waals surface area contributed by atoms with Gasteiger partial charge in [0.05, 0.1) is 5.69 Å². The summed E-state index contributed by atoms with van der Waals surface area (Å²) in [5.74, 6) is 0.722. The number of hydrogen-bond donors (Lipinski definition) is 1. The molecule has 0 aliphatic carbocycles. The average molecular weight is 210 g/mol. The number of H-pyrrole nitrogens is 1. The van der Waals surface area contributed by atoms with Crippen LogP contribution >= 0.6 is 11.8 Å². The first-order valence-electron chi connectivity index (χ1n) is 4.42. The number of hydrogen-bond acceptors (Lipinski definition) is 3. The van der Waals surface area contributed by atoms with Crippen LogP contribution < -0.4 is 0 Å². The van der Waals surface area contributed by atoms with Gasteiger partial charge in [-0.05, 0) is 13.8 Å². The highest BCUT2D eigenvalue weighted by molar-refractivity contribution is 8.13. The van der Waals surface area contributed by atoms with Gasteiger partial charge in [-0.25, -0.2) is 0 Å². The molecule has 14 heavy (non-hydrogen) atoms. The third kappa shape index (κ3) is 3.03. The smallest absolute Gasteiger partial charge is 0.186 e. The van der Waals surface area contributed by atoms with Crippen LogP contribution in [-0.4, -0.2) is 21.1 Å². The lowest BCUT2D eigenvalue weighted by Crippen LogP contribution is -1.82. The standard InChI is InChI=1S/C10H14N2OS/c1-7-10(8(2)12-11-7)5-4-6-14-9(3)13/h4-5H,6H2,1-3H3,(H,11,12). The van der Waals surface area contributed by atoms with Gasteiger partial charge in [0.1, 0.15) is 0 Å². The minimum absolute atomic E-state index is 0.148. The molecule has 1 aromatic heterocycles. The molecule has 0 unspecified atom stereocenters. The summed E-state index contributed by atoms with van der Waals surface area (Å²) in [6.45, 7) is 5.52. The normalized spacial score (nSPS) is 11.1. The summed E-state index contributed by atoms with van der Waals surface area (Å²) in [6, 6.07) is 0. The molecule has 0 aliphatic heterocycles. The van der Waals surface area contributed by atoms with Crippen molar-refractivity contribution in [1.29, 1.82) is 0 Å². The quantitative estimate of drug-likeness (QED) is 0.832. The largest absolute Gasteiger partial charge is 0.288 e. The Bertz CT molecular complexity index is 336. The van der Waals surface area contributed by atoms with E-state index >= 15 is 0 Å². The number of aromatic amines is 1. The first kappa shape index (κ1) is 11.0. The van der Waals surface area contributed by atoms with E-state index in [1.54, 1.807) is 6.92 Å². The first-order chi connectivity index (χ1) is 6.61. The molecule has 0 spiro atoms. The highest BCUT2D eigenvalue weighted by atomic mass is 32.2. The monoisotopic (exact) mass is 210 g/mol. The maximum atomic E-state index is 10.6. The summed E-state index contributed by atoms with van der Waals surface area (Å²) in [5.41, 5.74) is 3.17. The summed E-state index contributed by atoms with van der Waals surface area (Å²) in [5, 5.41) is 7.14. The van der Waals surface area contributed by atoms with Crippen molar-refractivity contribution in [3.63, 3.8) is 0 Å². The van der Waals surface area contributed by atoms with Gasteiger partial charge in [-0.15, -0.1) is 0 Å². The second kappa shape index (κ2) is 5.00. The van der Waals surface area contributed by atoms with Crippen LogP contribution in [0.5, 0.6) is 0 Å². The maximum absolute atomic E-state index is 10.6. The molecule has 0 bridgehead atoms. The Kier molecular flexibility index (Phi) is 3.95. The average Bonchev–Trinajstić information content (AvgIpc) is 2.42. The van der Waals surface area contributed by atoms with Gasteiger partial charge in [-0.2, -0.15) is 5.10 Å². The molecule has 0 aromatic carbocycles. The topological polar surface area (TPSA) is 45.8 Å². The fourth-order valence-electron chi connectivity index (χ4n) is 1.14. The Morgan fingerprint density at radius 1 is 1.57 bits per heavy atom. The fourth-order valence-corrected chi connectivity index (χ4v) is 1.56. The van der Waals surface area contributed by atoms with Crippen molar-refractivity contribution in [1.82, 2.24) is 10.2 Å². The van der Waals surface area contributed by atoms with Crippen molar-refractivity contribution in [2.75, 3.05) is 5.75 Å². The highest BCUT2D eigenvalue weighted by Gasteiger charge is 2.01. The second-order valence-electron chi connectivity index (χ2n) is 3.05. The van der Waals surface area contributed by atoms with Gasteiger partial charge in [0.25, 0.3) is 0 Å². The Labute approximate surface area is 88.0 Å². The van der Waals surface area contributed by atoms with Crippen LogP contribution in [0, 0.1) is 13.8 Å². The minimum Gasteiger partial charge on any atom is -0.288 e. The van der Waals surface area contributed by atoms with E-state index in [0.29, 0.717) is 0 Å². The number of aryl methyl sites for hydroxylation is 2. The molecule has 0 fully saturated rings. The summed E-state index contributed by atoms with van der Waals surface area (Å²) in [7, 11) is 0. The summed E-state index contributed by atoms with van der Waals surface area (Å²) < 4.78 is 0. The van der Waals surface area contributed by atoms with Gasteiger partial charge in [-0.3, -0.25) is 9.89 Å². The van der Waals surface area contributed by atoms with E-state index in [-0.39, 0.29) is 5.12 Å². The molecular formula is C10H14N2OS. The Morgan fingerprint density at radius 2 is 2.29 bits per heavy atom. The van der Waals surface area contributed by atoms with Crippen LogP contribution in [0.15, 0.2) is 6.08 Å². The lowest BCUT2D eigenvalue weighted by atomic mass is 10.2. The predicted molar refractivity (Wildman–Crippen MR) is 60.2 cm³/mol.